The Kier molecular flexibility index (Phi) is 2.60. The van der Waals surface area contributed by atoms with E-state index in [0.717, 1.165) is 5.69 Å². The number of rotatable bonds is 2. The van der Waals surface area contributed by atoms with Gasteiger partial charge in [-0.2, -0.15) is 5.10 Å². The normalized spacial score (nSPS) is 24.4. The van der Waals surface area contributed by atoms with Crippen molar-refractivity contribution in [2.24, 2.45) is 5.10 Å². The van der Waals surface area contributed by atoms with Gasteiger partial charge in [0.25, 0.3) is 6.04 Å². The maximum atomic E-state index is 10.9. The molecule has 0 amide bonds. The number of hydrogen-bond acceptors (Lipinski definition) is 4. The van der Waals surface area contributed by atoms with Crippen LogP contribution in [-0.4, -0.2) is 22.7 Å². The third-order valence-corrected chi connectivity index (χ3v) is 2.78. The predicted molar refractivity (Wildman–Crippen MR) is 62.3 cm³/mol. The number of nitro groups is 1. The summed E-state index contributed by atoms with van der Waals surface area (Å²) in [5.74, 6) is 0. The fraction of sp³-hybridized carbons (Fsp3) is 0.364. The third kappa shape index (κ3) is 1.64. The second-order valence-electron chi connectivity index (χ2n) is 3.89. The van der Waals surface area contributed by atoms with Gasteiger partial charge in [0.05, 0.1) is 5.69 Å². The van der Waals surface area contributed by atoms with Crippen molar-refractivity contribution in [2.75, 3.05) is 5.01 Å². The highest BCUT2D eigenvalue weighted by atomic mass is 16.6. The maximum Gasteiger partial charge on any atom is 0.274 e. The van der Waals surface area contributed by atoms with Crippen LogP contribution < -0.4 is 5.01 Å². The molecule has 1 aliphatic heterocycles. The minimum absolute atomic E-state index is 0.239. The van der Waals surface area contributed by atoms with Gasteiger partial charge in [-0.15, -0.1) is 0 Å². The van der Waals surface area contributed by atoms with Crippen LogP contribution in [0.1, 0.15) is 13.8 Å². The highest BCUT2D eigenvalue weighted by Gasteiger charge is 2.41. The molecule has 2 rings (SSSR count). The van der Waals surface area contributed by atoms with Gasteiger partial charge < -0.3 is 0 Å². The molecule has 2 atom stereocenters. The molecule has 16 heavy (non-hydrogen) atoms. The van der Waals surface area contributed by atoms with Crippen LogP contribution in [-0.2, 0) is 0 Å². The molecule has 1 aliphatic rings. The highest BCUT2D eigenvalue weighted by Crippen LogP contribution is 2.25. The third-order valence-electron chi connectivity index (χ3n) is 2.78. The largest absolute Gasteiger partial charge is 0.274 e. The smallest absolute Gasteiger partial charge is 0.264 e. The molecule has 5 heteroatoms. The summed E-state index contributed by atoms with van der Waals surface area (Å²) in [4.78, 5) is 10.6. The average molecular weight is 219 g/mol. The van der Waals surface area contributed by atoms with Crippen LogP contribution in [0.4, 0.5) is 5.69 Å². The summed E-state index contributed by atoms with van der Waals surface area (Å²) < 4.78 is 0. The lowest BCUT2D eigenvalue weighted by molar-refractivity contribution is -0.503. The molecular formula is C11H13N3O2. The van der Waals surface area contributed by atoms with E-state index in [1.165, 1.54) is 0 Å². The first-order chi connectivity index (χ1) is 7.61. The van der Waals surface area contributed by atoms with E-state index in [4.69, 9.17) is 0 Å². The van der Waals surface area contributed by atoms with Crippen molar-refractivity contribution in [2.45, 2.75) is 25.9 Å². The Labute approximate surface area is 93.5 Å². The molecule has 1 aromatic rings. The second kappa shape index (κ2) is 3.92. The van der Waals surface area contributed by atoms with Crippen LogP contribution in [0.3, 0.4) is 0 Å². The lowest BCUT2D eigenvalue weighted by Crippen LogP contribution is -2.39. The number of nitrogens with zero attached hydrogens (tertiary/aromatic N) is 3. The lowest BCUT2D eigenvalue weighted by Gasteiger charge is -2.20. The first-order valence-electron chi connectivity index (χ1n) is 5.14. The number of anilines is 1. The Morgan fingerprint density at radius 1 is 1.38 bits per heavy atom. The molecule has 1 heterocycles. The van der Waals surface area contributed by atoms with E-state index in [1.807, 2.05) is 37.3 Å². The Morgan fingerprint density at radius 3 is 2.50 bits per heavy atom. The summed E-state index contributed by atoms with van der Waals surface area (Å²) in [7, 11) is 0. The molecule has 0 saturated carbocycles. The molecule has 5 nitrogen and oxygen atoms in total. The van der Waals surface area contributed by atoms with Gasteiger partial charge >= 0.3 is 0 Å². The Bertz CT molecular complexity index is 430. The topological polar surface area (TPSA) is 58.7 Å². The zero-order chi connectivity index (χ0) is 11.7. The number of para-hydroxylation sites is 1. The van der Waals surface area contributed by atoms with Crippen LogP contribution in [0, 0.1) is 10.1 Å². The van der Waals surface area contributed by atoms with Crippen molar-refractivity contribution in [1.82, 2.24) is 0 Å². The maximum absolute atomic E-state index is 10.9. The molecular weight excluding hydrogens is 206 g/mol. The molecule has 84 valence electrons. The van der Waals surface area contributed by atoms with E-state index in [9.17, 15) is 10.1 Å². The van der Waals surface area contributed by atoms with E-state index >= 15 is 0 Å². The SMILES string of the molecule is CC1=NN(c2ccccc2)[C@@H](C)[C@H]1[N+](=O)[O-]. The van der Waals surface area contributed by atoms with E-state index in [2.05, 4.69) is 5.10 Å². The molecule has 0 aliphatic carbocycles. The van der Waals surface area contributed by atoms with Crippen LogP contribution >= 0.6 is 0 Å². The zero-order valence-corrected chi connectivity index (χ0v) is 9.20. The molecule has 0 N–H and O–H groups in total. The van der Waals surface area contributed by atoms with Crippen molar-refractivity contribution in [3.63, 3.8) is 0 Å². The number of hydrazone groups is 1. The molecule has 0 fully saturated rings. The monoisotopic (exact) mass is 219 g/mol. The lowest BCUT2D eigenvalue weighted by atomic mass is 10.1. The zero-order valence-electron chi connectivity index (χ0n) is 9.20. The fourth-order valence-electron chi connectivity index (χ4n) is 2.01. The summed E-state index contributed by atoms with van der Waals surface area (Å²) >= 11 is 0. The Balaban J connectivity index is 2.31. The molecule has 0 unspecified atom stereocenters. The molecule has 0 radical (unpaired) electrons. The first kappa shape index (κ1) is 10.6. The number of benzene rings is 1. The molecule has 1 aromatic carbocycles. The Hall–Kier alpha value is -1.91. The predicted octanol–water partition coefficient (Wildman–Crippen LogP) is 1.92. The minimum atomic E-state index is -0.708. The summed E-state index contributed by atoms with van der Waals surface area (Å²) in [5.41, 5.74) is 1.44. The van der Waals surface area contributed by atoms with Gasteiger partial charge in [0, 0.05) is 4.92 Å². The van der Waals surface area contributed by atoms with Crippen LogP contribution in [0.2, 0.25) is 0 Å². The van der Waals surface area contributed by atoms with E-state index < -0.39 is 6.04 Å². The molecule has 0 bridgehead atoms. The van der Waals surface area contributed by atoms with Gasteiger partial charge in [-0.1, -0.05) is 18.2 Å². The first-order valence-corrected chi connectivity index (χ1v) is 5.14. The summed E-state index contributed by atoms with van der Waals surface area (Å²) in [6.45, 7) is 3.52. The fourth-order valence-corrected chi connectivity index (χ4v) is 2.01. The van der Waals surface area contributed by atoms with Crippen LogP contribution in [0.25, 0.3) is 0 Å². The van der Waals surface area contributed by atoms with Crippen molar-refractivity contribution >= 4 is 11.4 Å². The van der Waals surface area contributed by atoms with E-state index in [1.54, 1.807) is 11.9 Å². The van der Waals surface area contributed by atoms with Crippen molar-refractivity contribution < 1.29 is 4.92 Å². The summed E-state index contributed by atoms with van der Waals surface area (Å²) in [6, 6.07) is 8.55. The minimum Gasteiger partial charge on any atom is -0.264 e. The Morgan fingerprint density at radius 2 is 2.00 bits per heavy atom. The van der Waals surface area contributed by atoms with Gasteiger partial charge in [-0.3, -0.25) is 15.1 Å². The highest BCUT2D eigenvalue weighted by molar-refractivity contribution is 5.90. The summed E-state index contributed by atoms with van der Waals surface area (Å²) in [6.07, 6.45) is 0. The van der Waals surface area contributed by atoms with Gasteiger partial charge in [0.2, 0.25) is 0 Å². The average Bonchev–Trinajstić information content (AvgIpc) is 2.55. The quantitative estimate of drug-likeness (QED) is 0.564. The molecule has 0 saturated heterocycles. The van der Waals surface area contributed by atoms with Gasteiger partial charge in [-0.05, 0) is 26.0 Å². The number of hydrogen-bond donors (Lipinski definition) is 0. The van der Waals surface area contributed by atoms with Gasteiger partial charge in [0.1, 0.15) is 11.8 Å². The van der Waals surface area contributed by atoms with Crippen LogP contribution in [0.15, 0.2) is 35.4 Å². The van der Waals surface area contributed by atoms with Crippen molar-refractivity contribution in [3.05, 3.63) is 40.4 Å². The van der Waals surface area contributed by atoms with E-state index in [-0.39, 0.29) is 11.0 Å². The van der Waals surface area contributed by atoms with Gasteiger partial charge in [0.15, 0.2) is 0 Å². The van der Waals surface area contributed by atoms with Crippen LogP contribution in [0.5, 0.6) is 0 Å². The van der Waals surface area contributed by atoms with Crippen molar-refractivity contribution in [3.8, 4) is 0 Å². The molecule has 0 spiro atoms. The second-order valence-corrected chi connectivity index (χ2v) is 3.89. The molecule has 0 aromatic heterocycles. The summed E-state index contributed by atoms with van der Waals surface area (Å²) in [5, 5.41) is 16.9. The van der Waals surface area contributed by atoms with Gasteiger partial charge in [-0.25, -0.2) is 0 Å². The van der Waals surface area contributed by atoms with Crippen molar-refractivity contribution in [1.29, 1.82) is 0 Å². The standard InChI is InChI=1S/C11H13N3O2/c1-8-11(14(15)16)9(2)13(12-8)10-6-4-3-5-7-10/h3-7,9,11H,1-2H3/t9-,11-/m0/s1. The van der Waals surface area contributed by atoms with E-state index in [0.29, 0.717) is 5.71 Å².